The standard InChI is InChI=1S/C23H33N6O12P/c24-23-28-20-16(21(35)29-23)27-12(7-26-20)6-25-11-3-1-10(2-4-11)5-13(30)17(32)14(31)8-39-22-19(34)18(33)15(41-22)9-40-42(36,37)38/h1-4,13-15,17-19,22,25,30-34H,5-9H2,(H2,36,37,38)(H4,24,26,28,29,35)/p-2/t13-,14+,15+,17-,18+,19+,22-/m0/s1. The number of nitrogens with two attached hydrogens (primary N) is 1. The van der Waals surface area contributed by atoms with Gasteiger partial charge in [-0.05, 0) is 17.7 Å². The largest absolute Gasteiger partial charge is 0.790 e. The fourth-order valence-corrected chi connectivity index (χ4v) is 4.55. The van der Waals surface area contributed by atoms with Crippen LogP contribution in [0.25, 0.3) is 0 Å². The lowest BCUT2D eigenvalue weighted by molar-refractivity contribution is -0.343. The molecular formula is C23H31N6O12P-2. The molecule has 2 aliphatic rings. The maximum atomic E-state index is 12.0. The Hall–Kier alpha value is -3.00. The van der Waals surface area contributed by atoms with Crippen molar-refractivity contribution in [3.8, 4) is 0 Å². The highest BCUT2D eigenvalue weighted by atomic mass is 31.2. The van der Waals surface area contributed by atoms with Crippen molar-refractivity contribution in [3.05, 3.63) is 40.2 Å². The smallest absolute Gasteiger partial charge is 0.280 e. The molecule has 42 heavy (non-hydrogen) atoms. The molecule has 7 atom stereocenters. The van der Waals surface area contributed by atoms with E-state index in [1.54, 1.807) is 24.3 Å². The number of aliphatic hydroxyl groups is 5. The van der Waals surface area contributed by atoms with Crippen molar-refractivity contribution in [1.82, 2.24) is 9.97 Å². The summed E-state index contributed by atoms with van der Waals surface area (Å²) in [6.45, 7) is -0.790. The number of benzene rings is 1. The molecule has 1 fully saturated rings. The predicted octanol–water partition coefficient (Wildman–Crippen LogP) is -4.10. The second-order valence-electron chi connectivity index (χ2n) is 9.66. The van der Waals surface area contributed by atoms with Crippen LogP contribution in [0.2, 0.25) is 0 Å². The van der Waals surface area contributed by atoms with E-state index in [1.165, 1.54) is 0 Å². The zero-order valence-corrected chi connectivity index (χ0v) is 22.8. The summed E-state index contributed by atoms with van der Waals surface area (Å²) in [5.74, 6) is 0.296. The zero-order valence-electron chi connectivity index (χ0n) is 21.9. The summed E-state index contributed by atoms with van der Waals surface area (Å²) in [5, 5.41) is 57.1. The Morgan fingerprint density at radius 3 is 2.57 bits per heavy atom. The lowest BCUT2D eigenvalue weighted by Crippen LogP contribution is -2.43. The Labute approximate surface area is 238 Å². The molecule has 2 aromatic rings. The van der Waals surface area contributed by atoms with E-state index in [-0.39, 0.29) is 18.1 Å². The van der Waals surface area contributed by atoms with Crippen molar-refractivity contribution in [3.63, 3.8) is 0 Å². The minimum atomic E-state index is -5.33. The first-order chi connectivity index (χ1) is 19.8. The lowest BCUT2D eigenvalue weighted by atomic mass is 10.0. The van der Waals surface area contributed by atoms with E-state index in [2.05, 4.69) is 30.1 Å². The second kappa shape index (κ2) is 13.5. The molecule has 0 saturated carbocycles. The van der Waals surface area contributed by atoms with Crippen LogP contribution in [0.5, 0.6) is 0 Å². The van der Waals surface area contributed by atoms with Crippen molar-refractivity contribution in [2.75, 3.05) is 42.7 Å². The number of nitrogens with zero attached hydrogens (tertiary/aromatic N) is 2. The number of H-pyrrole nitrogens is 1. The molecule has 1 aromatic carbocycles. The van der Waals surface area contributed by atoms with Crippen molar-refractivity contribution in [2.24, 2.45) is 4.99 Å². The molecule has 4 rings (SSSR count). The number of phosphoric ester groups is 1. The van der Waals surface area contributed by atoms with Crippen LogP contribution in [0.4, 0.5) is 23.1 Å². The number of aromatic amines is 1. The summed E-state index contributed by atoms with van der Waals surface area (Å²) < 4.78 is 24.9. The van der Waals surface area contributed by atoms with E-state index < -0.39 is 69.5 Å². The minimum Gasteiger partial charge on any atom is -0.790 e. The molecule has 0 amide bonds. The maximum absolute atomic E-state index is 12.0. The summed E-state index contributed by atoms with van der Waals surface area (Å²) in [6, 6.07) is 6.86. The summed E-state index contributed by atoms with van der Waals surface area (Å²) in [7, 11) is -5.33. The highest BCUT2D eigenvalue weighted by Gasteiger charge is 2.44. The monoisotopic (exact) mass is 614 g/mol. The number of nitrogens with one attached hydrogen (secondary N) is 3. The van der Waals surface area contributed by atoms with Crippen molar-refractivity contribution in [1.29, 1.82) is 0 Å². The fraction of sp³-hybridized carbons (Fsp3) is 0.522. The summed E-state index contributed by atoms with van der Waals surface area (Å²) in [6.07, 6.45) is -10.9. The van der Waals surface area contributed by atoms with Crippen LogP contribution >= 0.6 is 7.82 Å². The number of aromatic nitrogens is 2. The van der Waals surface area contributed by atoms with E-state index in [9.17, 15) is 44.7 Å². The molecule has 1 aromatic heterocycles. The number of aliphatic hydroxyl groups excluding tert-OH is 5. The Kier molecular flexibility index (Phi) is 10.3. The minimum absolute atomic E-state index is 0.0103. The quantitative estimate of drug-likeness (QED) is 0.0968. The van der Waals surface area contributed by atoms with Gasteiger partial charge in [-0.25, -0.2) is 4.99 Å². The number of hydrogen-bond acceptors (Lipinski definition) is 17. The van der Waals surface area contributed by atoms with Gasteiger partial charge >= 0.3 is 0 Å². The number of anilines is 3. The second-order valence-corrected chi connectivity index (χ2v) is 10.8. The van der Waals surface area contributed by atoms with Gasteiger partial charge in [-0.2, -0.15) is 4.98 Å². The predicted molar refractivity (Wildman–Crippen MR) is 142 cm³/mol. The maximum Gasteiger partial charge on any atom is 0.280 e. The zero-order chi connectivity index (χ0) is 30.6. The first-order valence-electron chi connectivity index (χ1n) is 12.7. The number of hydrogen-bond donors (Lipinski definition) is 9. The third-order valence-electron chi connectivity index (χ3n) is 6.47. The number of fused-ring (bicyclic) bond motifs is 1. The summed E-state index contributed by atoms with van der Waals surface area (Å²) in [4.78, 5) is 44.0. The van der Waals surface area contributed by atoms with Crippen molar-refractivity contribution < 1.29 is 53.9 Å². The van der Waals surface area contributed by atoms with Crippen molar-refractivity contribution in [2.45, 2.75) is 49.3 Å². The van der Waals surface area contributed by atoms with Crippen LogP contribution in [0.3, 0.4) is 0 Å². The Morgan fingerprint density at radius 1 is 1.17 bits per heavy atom. The van der Waals surface area contributed by atoms with Gasteiger partial charge in [0.2, 0.25) is 5.95 Å². The highest BCUT2D eigenvalue weighted by Crippen LogP contribution is 2.29. The molecule has 3 heterocycles. The normalized spacial score (nSPS) is 24.3. The first-order valence-corrected chi connectivity index (χ1v) is 14.1. The van der Waals surface area contributed by atoms with Gasteiger partial charge in [0.25, 0.3) is 5.56 Å². The number of aliphatic imine (C=N–C) groups is 1. The molecule has 0 spiro atoms. The van der Waals surface area contributed by atoms with Gasteiger partial charge in [0.15, 0.2) is 17.8 Å². The van der Waals surface area contributed by atoms with Crippen LogP contribution in [-0.2, 0) is 25.0 Å². The summed E-state index contributed by atoms with van der Waals surface area (Å²) in [5.41, 5.74) is 7.22. The number of phosphoric acid groups is 1. The van der Waals surface area contributed by atoms with Gasteiger partial charge in [-0.3, -0.25) is 9.78 Å². The van der Waals surface area contributed by atoms with Crippen LogP contribution in [0, 0.1) is 0 Å². The van der Waals surface area contributed by atoms with E-state index >= 15 is 0 Å². The molecule has 0 bridgehead atoms. The van der Waals surface area contributed by atoms with E-state index in [4.69, 9.17) is 15.2 Å². The van der Waals surface area contributed by atoms with Gasteiger partial charge in [0.05, 0.1) is 45.9 Å². The van der Waals surface area contributed by atoms with E-state index in [1.807, 2.05) is 0 Å². The van der Waals surface area contributed by atoms with Crippen LogP contribution < -0.4 is 31.7 Å². The molecule has 0 radical (unpaired) electrons. The molecule has 0 aliphatic carbocycles. The molecule has 10 N–H and O–H groups in total. The van der Waals surface area contributed by atoms with Gasteiger partial charge in [0.1, 0.15) is 30.5 Å². The van der Waals surface area contributed by atoms with Crippen molar-refractivity contribution >= 4 is 36.7 Å². The highest BCUT2D eigenvalue weighted by molar-refractivity contribution is 7.43. The number of ether oxygens (including phenoxy) is 2. The third-order valence-corrected chi connectivity index (χ3v) is 6.94. The van der Waals surface area contributed by atoms with Gasteiger partial charge in [-0.15, -0.1) is 0 Å². The Balaban J connectivity index is 1.22. The van der Waals surface area contributed by atoms with Crippen LogP contribution in [-0.4, -0.2) is 110 Å². The van der Waals surface area contributed by atoms with Crippen LogP contribution in [0.15, 0.2) is 34.1 Å². The molecule has 19 heteroatoms. The molecule has 2 aliphatic heterocycles. The van der Waals surface area contributed by atoms with Gasteiger partial charge < -0.3 is 70.2 Å². The van der Waals surface area contributed by atoms with Gasteiger partial charge in [0, 0.05) is 12.1 Å². The average molecular weight is 615 g/mol. The number of nitrogen functional groups attached to an aromatic ring is 1. The number of rotatable bonds is 13. The van der Waals surface area contributed by atoms with Crippen LogP contribution in [0.1, 0.15) is 5.56 Å². The third kappa shape index (κ3) is 8.30. The fourth-order valence-electron chi connectivity index (χ4n) is 4.22. The first kappa shape index (κ1) is 31.9. The Morgan fingerprint density at radius 2 is 1.88 bits per heavy atom. The van der Waals surface area contributed by atoms with E-state index in [0.717, 1.165) is 5.69 Å². The molecular weight excluding hydrogens is 583 g/mol. The molecule has 0 unspecified atom stereocenters. The Bertz CT molecular complexity index is 1350. The van der Waals surface area contributed by atoms with Gasteiger partial charge in [-0.1, -0.05) is 12.1 Å². The average Bonchev–Trinajstić information content (AvgIpc) is 3.21. The topological polar surface area (TPSA) is 300 Å². The SMILES string of the molecule is Nc1nc2c(c(=O)[nH]1)N=C(CNc1ccc(C[C@H](O)[C@H](O)[C@H](O)CO[C@H]3O[C@H](COP(=O)([O-])[O-])[C@@H](O)[C@H]3O)cc1)CN2. The molecule has 18 nitrogen and oxygen atoms in total. The summed E-state index contributed by atoms with van der Waals surface area (Å²) >= 11 is 0. The molecule has 1 saturated heterocycles. The molecule has 232 valence electrons. The van der Waals surface area contributed by atoms with E-state index in [0.29, 0.717) is 30.2 Å². The lowest BCUT2D eigenvalue weighted by Gasteiger charge is -2.30.